The van der Waals surface area contributed by atoms with Crippen LogP contribution < -0.4 is 4.74 Å². The Labute approximate surface area is 236 Å². The molecule has 0 saturated heterocycles. The molecule has 8 heteroatoms. The minimum atomic E-state index is -0.453. The van der Waals surface area contributed by atoms with E-state index in [-0.39, 0.29) is 19.0 Å². The van der Waals surface area contributed by atoms with Crippen LogP contribution in [0.25, 0.3) is 22.0 Å². The van der Waals surface area contributed by atoms with Gasteiger partial charge in [-0.15, -0.1) is 6.58 Å². The van der Waals surface area contributed by atoms with Crippen LogP contribution in [0.4, 0.5) is 0 Å². The molecule has 0 aliphatic carbocycles. The first-order valence-corrected chi connectivity index (χ1v) is 13.1. The first kappa shape index (κ1) is 30.1. The molecule has 0 unspecified atom stereocenters. The molecule has 210 valence electrons. The standard InChI is InChI=1S/C29H31N3O4.C3H7N/c1-5-15-32-24-16-22(20-11-10-14-30-17-20)28(33)23(18-31(3)4)26(24)27(29(34)35-6-2)25(32)19-36-21-12-8-7-9-13-21;1-3-4-2/h5,7-14,16-17,33H,1,6,15,18-19H2,2-4H3;3H,1-2H3. The van der Waals surface area contributed by atoms with Gasteiger partial charge in [-0.1, -0.05) is 30.3 Å². The summed E-state index contributed by atoms with van der Waals surface area (Å²) in [5, 5.41) is 12.1. The van der Waals surface area contributed by atoms with Crippen LogP contribution in [0.2, 0.25) is 0 Å². The zero-order valence-electron chi connectivity index (χ0n) is 23.9. The highest BCUT2D eigenvalue weighted by Crippen LogP contribution is 2.42. The Morgan fingerprint density at radius 2 is 1.93 bits per heavy atom. The third kappa shape index (κ3) is 6.95. The largest absolute Gasteiger partial charge is 0.507 e. The maximum atomic E-state index is 13.4. The monoisotopic (exact) mass is 542 g/mol. The van der Waals surface area contributed by atoms with Gasteiger partial charge in [-0.3, -0.25) is 4.98 Å². The van der Waals surface area contributed by atoms with E-state index in [4.69, 9.17) is 9.47 Å². The van der Waals surface area contributed by atoms with Gasteiger partial charge >= 0.3 is 5.97 Å². The van der Waals surface area contributed by atoms with Gasteiger partial charge in [0, 0.05) is 54.6 Å². The summed E-state index contributed by atoms with van der Waals surface area (Å²) in [5.41, 5.74) is 3.91. The van der Waals surface area contributed by atoms with E-state index in [1.165, 1.54) is 0 Å². The van der Waals surface area contributed by atoms with Gasteiger partial charge in [0.05, 0.1) is 23.4 Å². The Balaban J connectivity index is 0.00000103. The number of allylic oxidation sites excluding steroid dienone is 1. The zero-order chi connectivity index (χ0) is 29.1. The molecule has 0 aliphatic heterocycles. The maximum absolute atomic E-state index is 13.4. The predicted octanol–water partition coefficient (Wildman–Crippen LogP) is 6.12. The lowest BCUT2D eigenvalue weighted by molar-refractivity contribution is 0.0525. The van der Waals surface area contributed by atoms with E-state index in [2.05, 4.69) is 16.6 Å². The van der Waals surface area contributed by atoms with E-state index in [1.54, 1.807) is 38.7 Å². The van der Waals surface area contributed by atoms with Crippen molar-refractivity contribution < 1.29 is 19.4 Å². The fourth-order valence-electron chi connectivity index (χ4n) is 4.42. The van der Waals surface area contributed by atoms with Gasteiger partial charge in [0.15, 0.2) is 0 Å². The Hall–Kier alpha value is -4.43. The Morgan fingerprint density at radius 3 is 2.50 bits per heavy atom. The van der Waals surface area contributed by atoms with Crippen molar-refractivity contribution in [1.29, 1.82) is 0 Å². The average molecular weight is 543 g/mol. The summed E-state index contributed by atoms with van der Waals surface area (Å²) in [7, 11) is 5.60. The van der Waals surface area contributed by atoms with E-state index in [0.29, 0.717) is 46.6 Å². The number of para-hydroxylation sites is 1. The zero-order valence-corrected chi connectivity index (χ0v) is 23.9. The average Bonchev–Trinajstić information content (AvgIpc) is 3.27. The van der Waals surface area contributed by atoms with Crippen LogP contribution in [0.1, 0.15) is 35.5 Å². The first-order valence-electron chi connectivity index (χ1n) is 13.1. The van der Waals surface area contributed by atoms with Crippen molar-refractivity contribution in [2.24, 2.45) is 4.99 Å². The van der Waals surface area contributed by atoms with Crippen molar-refractivity contribution >= 4 is 23.1 Å². The van der Waals surface area contributed by atoms with Crippen molar-refractivity contribution in [3.63, 3.8) is 0 Å². The summed E-state index contributed by atoms with van der Waals surface area (Å²) < 4.78 is 13.6. The number of esters is 1. The van der Waals surface area contributed by atoms with Crippen molar-refractivity contribution in [1.82, 2.24) is 14.5 Å². The number of hydrogen-bond acceptors (Lipinski definition) is 7. The number of nitrogens with zero attached hydrogens (tertiary/aromatic N) is 4. The quantitative estimate of drug-likeness (QED) is 0.148. The van der Waals surface area contributed by atoms with Gasteiger partial charge in [-0.05, 0) is 58.4 Å². The molecule has 4 aromatic rings. The number of benzene rings is 2. The number of phenols is 1. The van der Waals surface area contributed by atoms with Crippen molar-refractivity contribution in [2.75, 3.05) is 27.7 Å². The number of aliphatic imine (C=N–C) groups is 1. The van der Waals surface area contributed by atoms with Gasteiger partial charge < -0.3 is 29.0 Å². The van der Waals surface area contributed by atoms with E-state index >= 15 is 0 Å². The van der Waals surface area contributed by atoms with Crippen molar-refractivity contribution in [2.45, 2.75) is 33.5 Å². The lowest BCUT2D eigenvalue weighted by atomic mass is 9.96. The molecular weight excluding hydrogens is 504 g/mol. The van der Waals surface area contributed by atoms with E-state index in [1.807, 2.05) is 79.0 Å². The van der Waals surface area contributed by atoms with Gasteiger partial charge in [-0.2, -0.15) is 0 Å². The minimum Gasteiger partial charge on any atom is -0.507 e. The first-order chi connectivity index (χ1) is 19.4. The Bertz CT molecular complexity index is 1440. The third-order valence-corrected chi connectivity index (χ3v) is 6.15. The topological polar surface area (TPSA) is 89.2 Å². The lowest BCUT2D eigenvalue weighted by Crippen LogP contribution is -2.14. The van der Waals surface area contributed by atoms with Crippen LogP contribution in [0.3, 0.4) is 0 Å². The highest BCUT2D eigenvalue weighted by molar-refractivity contribution is 6.09. The van der Waals surface area contributed by atoms with Gasteiger partial charge in [0.1, 0.15) is 18.1 Å². The highest BCUT2D eigenvalue weighted by Gasteiger charge is 2.29. The van der Waals surface area contributed by atoms with Crippen LogP contribution in [0, 0.1) is 0 Å². The van der Waals surface area contributed by atoms with Crippen LogP contribution >= 0.6 is 0 Å². The fraction of sp³-hybridized carbons (Fsp3) is 0.281. The second-order valence-corrected chi connectivity index (χ2v) is 9.18. The molecule has 0 fully saturated rings. The molecule has 40 heavy (non-hydrogen) atoms. The second-order valence-electron chi connectivity index (χ2n) is 9.18. The summed E-state index contributed by atoms with van der Waals surface area (Å²) in [6.07, 6.45) is 6.94. The molecule has 0 spiro atoms. The minimum absolute atomic E-state index is 0.112. The molecule has 2 aromatic carbocycles. The van der Waals surface area contributed by atoms with Crippen LogP contribution in [0.5, 0.6) is 11.5 Å². The normalized spacial score (nSPS) is 10.9. The number of phenolic OH excluding ortho intramolecular Hbond substituents is 1. The highest BCUT2D eigenvalue weighted by atomic mass is 16.5. The number of carbonyl (C=O) groups excluding carboxylic acids is 1. The van der Waals surface area contributed by atoms with Crippen molar-refractivity contribution in [3.8, 4) is 22.6 Å². The molecule has 8 nitrogen and oxygen atoms in total. The van der Waals surface area contributed by atoms with Crippen molar-refractivity contribution in [3.05, 3.63) is 90.4 Å². The Kier molecular flexibility index (Phi) is 11.0. The summed E-state index contributed by atoms with van der Waals surface area (Å²) in [6, 6.07) is 15.1. The maximum Gasteiger partial charge on any atom is 0.340 e. The molecule has 2 heterocycles. The predicted molar refractivity (Wildman–Crippen MR) is 161 cm³/mol. The molecule has 0 amide bonds. The fourth-order valence-corrected chi connectivity index (χ4v) is 4.42. The molecule has 0 saturated carbocycles. The number of aromatic hydroxyl groups is 1. The summed E-state index contributed by atoms with van der Waals surface area (Å²) in [4.78, 5) is 23.2. The number of carbonyl (C=O) groups is 1. The molecule has 2 aromatic heterocycles. The molecule has 4 rings (SSSR count). The van der Waals surface area contributed by atoms with Gasteiger partial charge in [-0.25, -0.2) is 4.79 Å². The van der Waals surface area contributed by atoms with Gasteiger partial charge in [0.25, 0.3) is 0 Å². The summed E-state index contributed by atoms with van der Waals surface area (Å²) >= 11 is 0. The summed E-state index contributed by atoms with van der Waals surface area (Å²) in [6.45, 7) is 8.84. The molecule has 1 N–H and O–H groups in total. The smallest absolute Gasteiger partial charge is 0.340 e. The van der Waals surface area contributed by atoms with E-state index in [0.717, 1.165) is 11.1 Å². The second kappa shape index (κ2) is 14.6. The number of pyridine rings is 1. The number of rotatable bonds is 10. The summed E-state index contributed by atoms with van der Waals surface area (Å²) in [5.74, 6) is 0.349. The number of hydrogen-bond donors (Lipinski definition) is 1. The van der Waals surface area contributed by atoms with Crippen LogP contribution in [-0.2, 0) is 24.4 Å². The van der Waals surface area contributed by atoms with Gasteiger partial charge in [0.2, 0.25) is 0 Å². The van der Waals surface area contributed by atoms with Crippen LogP contribution in [0.15, 0.2) is 78.6 Å². The molecule has 0 aliphatic rings. The third-order valence-electron chi connectivity index (χ3n) is 6.15. The Morgan fingerprint density at radius 1 is 1.20 bits per heavy atom. The molecule has 0 atom stereocenters. The molecular formula is C32H38N4O4. The lowest BCUT2D eigenvalue weighted by Gasteiger charge is -2.17. The number of aromatic nitrogens is 2. The van der Waals surface area contributed by atoms with Crippen LogP contribution in [-0.4, -0.2) is 59.5 Å². The van der Waals surface area contributed by atoms with E-state index in [9.17, 15) is 9.90 Å². The molecule has 0 bridgehead atoms. The number of fused-ring (bicyclic) bond motifs is 1. The molecule has 0 radical (unpaired) electrons. The number of ether oxygens (including phenoxy) is 2. The SMILES string of the molecule is C=CCn1c(COc2ccccc2)c(C(=O)OCC)c2c(CN(C)C)c(O)c(-c3cccnc3)cc21.CC=NC. The van der Waals surface area contributed by atoms with E-state index < -0.39 is 5.97 Å².